The molecule has 1 N–H and O–H groups in total. The predicted octanol–water partition coefficient (Wildman–Crippen LogP) is 1.64. The molecule has 0 bridgehead atoms. The van der Waals surface area contributed by atoms with Crippen LogP contribution in [0.3, 0.4) is 0 Å². The Morgan fingerprint density at radius 3 is 3.00 bits per heavy atom. The third-order valence-electron chi connectivity index (χ3n) is 2.59. The van der Waals surface area contributed by atoms with E-state index in [1.807, 2.05) is 0 Å². The Balaban J connectivity index is 2.11. The summed E-state index contributed by atoms with van der Waals surface area (Å²) in [7, 11) is 0. The zero-order valence-electron chi connectivity index (χ0n) is 8.41. The van der Waals surface area contributed by atoms with Gasteiger partial charge in [-0.25, -0.2) is 9.97 Å². The first-order chi connectivity index (χ1) is 7.22. The lowest BCUT2D eigenvalue weighted by atomic mass is 10.3. The molecule has 1 saturated carbocycles. The lowest BCUT2D eigenvalue weighted by Crippen LogP contribution is -2.09. The summed E-state index contributed by atoms with van der Waals surface area (Å²) in [6.45, 7) is 1.79. The van der Waals surface area contributed by atoms with E-state index in [2.05, 4.69) is 15.0 Å². The molecule has 0 aliphatic heterocycles. The number of aryl methyl sites for hydroxylation is 1. The summed E-state index contributed by atoms with van der Waals surface area (Å²) in [6.07, 6.45) is 3.62. The van der Waals surface area contributed by atoms with Gasteiger partial charge in [-0.15, -0.1) is 0 Å². The number of nitrogens with zero attached hydrogens (tertiary/aromatic N) is 2. The zero-order chi connectivity index (χ0) is 10.4. The highest BCUT2D eigenvalue weighted by molar-refractivity contribution is 7.18. The number of fused-ring (bicyclic) bond motifs is 1. The van der Waals surface area contributed by atoms with Crippen LogP contribution in [0, 0.1) is 12.8 Å². The van der Waals surface area contributed by atoms with Crippen molar-refractivity contribution in [3.8, 4) is 0 Å². The number of hydrogen-bond acceptors (Lipinski definition) is 4. The van der Waals surface area contributed by atoms with E-state index in [1.54, 1.807) is 18.3 Å². The fourth-order valence-corrected chi connectivity index (χ4v) is 2.74. The minimum Gasteiger partial charge on any atom is -0.309 e. The molecule has 0 atom stereocenters. The molecule has 0 unspecified atom stereocenters. The highest BCUT2D eigenvalue weighted by Gasteiger charge is 2.23. The van der Waals surface area contributed by atoms with E-state index in [-0.39, 0.29) is 5.56 Å². The Morgan fingerprint density at radius 1 is 1.47 bits per heavy atom. The Kier molecular flexibility index (Phi) is 1.88. The molecule has 2 heterocycles. The van der Waals surface area contributed by atoms with E-state index < -0.39 is 0 Å². The molecule has 2 aromatic rings. The van der Waals surface area contributed by atoms with Gasteiger partial charge in [-0.2, -0.15) is 0 Å². The number of rotatable bonds is 2. The summed E-state index contributed by atoms with van der Waals surface area (Å²) in [4.78, 5) is 23.6. The Morgan fingerprint density at radius 2 is 2.27 bits per heavy atom. The molecule has 2 aromatic heterocycles. The number of aromatic amines is 1. The molecule has 0 saturated heterocycles. The maximum Gasteiger partial charge on any atom is 0.278 e. The molecule has 0 aromatic carbocycles. The lowest BCUT2D eigenvalue weighted by Gasteiger charge is -1.88. The van der Waals surface area contributed by atoms with Crippen molar-refractivity contribution >= 4 is 21.7 Å². The number of nitrogens with one attached hydrogen (secondary N) is 1. The number of thiazole rings is 1. The van der Waals surface area contributed by atoms with Gasteiger partial charge in [-0.3, -0.25) is 4.79 Å². The molecule has 1 aliphatic carbocycles. The van der Waals surface area contributed by atoms with E-state index in [0.717, 1.165) is 22.2 Å². The van der Waals surface area contributed by atoms with Gasteiger partial charge in [-0.05, 0) is 25.7 Å². The minimum atomic E-state index is -0.115. The molecular weight excluding hydrogens is 210 g/mol. The first-order valence-corrected chi connectivity index (χ1v) is 5.90. The summed E-state index contributed by atoms with van der Waals surface area (Å²) in [5.41, 5.74) is 0.386. The van der Waals surface area contributed by atoms with Gasteiger partial charge < -0.3 is 4.98 Å². The van der Waals surface area contributed by atoms with Crippen molar-refractivity contribution in [1.82, 2.24) is 15.0 Å². The molecule has 3 rings (SSSR count). The lowest BCUT2D eigenvalue weighted by molar-refractivity contribution is 0.826. The second kappa shape index (κ2) is 3.13. The van der Waals surface area contributed by atoms with E-state index in [0.29, 0.717) is 11.3 Å². The van der Waals surface area contributed by atoms with Crippen LogP contribution in [0.1, 0.15) is 23.7 Å². The first-order valence-electron chi connectivity index (χ1n) is 5.09. The maximum absolute atomic E-state index is 11.6. The molecule has 4 nitrogen and oxygen atoms in total. The Labute approximate surface area is 90.4 Å². The third-order valence-corrected chi connectivity index (χ3v) is 3.56. The van der Waals surface area contributed by atoms with Crippen molar-refractivity contribution in [3.63, 3.8) is 0 Å². The van der Waals surface area contributed by atoms with Gasteiger partial charge in [0.1, 0.15) is 5.82 Å². The standard InChI is InChI=1S/C10H11N3OS/c1-5-11-9(14)8-10(12-5)15-7(13-8)4-6-2-3-6/h6H,2-4H2,1H3,(H,11,12,14). The number of hydrogen-bond donors (Lipinski definition) is 1. The third kappa shape index (κ3) is 1.67. The summed E-state index contributed by atoms with van der Waals surface area (Å²) in [6, 6.07) is 0. The van der Waals surface area contributed by atoms with Gasteiger partial charge in [0, 0.05) is 6.42 Å². The molecular formula is C10H11N3OS. The molecule has 15 heavy (non-hydrogen) atoms. The smallest absolute Gasteiger partial charge is 0.278 e. The van der Waals surface area contributed by atoms with Crippen LogP contribution in [-0.2, 0) is 6.42 Å². The maximum atomic E-state index is 11.6. The zero-order valence-corrected chi connectivity index (χ0v) is 9.23. The van der Waals surface area contributed by atoms with Crippen molar-refractivity contribution in [1.29, 1.82) is 0 Å². The molecule has 1 aliphatic rings. The predicted molar refractivity (Wildman–Crippen MR) is 59.2 cm³/mol. The van der Waals surface area contributed by atoms with Crippen LogP contribution in [0.2, 0.25) is 0 Å². The highest BCUT2D eigenvalue weighted by Crippen LogP contribution is 2.34. The highest BCUT2D eigenvalue weighted by atomic mass is 32.1. The van der Waals surface area contributed by atoms with Gasteiger partial charge in [0.05, 0.1) is 5.01 Å². The normalized spacial score (nSPS) is 16.1. The molecule has 0 amide bonds. The van der Waals surface area contributed by atoms with Crippen molar-refractivity contribution in [3.05, 3.63) is 21.2 Å². The van der Waals surface area contributed by atoms with E-state index in [9.17, 15) is 4.79 Å². The monoisotopic (exact) mass is 221 g/mol. The van der Waals surface area contributed by atoms with Crippen LogP contribution in [0.25, 0.3) is 10.3 Å². The largest absolute Gasteiger partial charge is 0.309 e. The average Bonchev–Trinajstić information content (AvgIpc) is 2.85. The van der Waals surface area contributed by atoms with Gasteiger partial charge in [0.25, 0.3) is 5.56 Å². The van der Waals surface area contributed by atoms with Crippen LogP contribution in [0.4, 0.5) is 0 Å². The van der Waals surface area contributed by atoms with Crippen LogP contribution >= 0.6 is 11.3 Å². The van der Waals surface area contributed by atoms with E-state index in [1.165, 1.54) is 12.8 Å². The molecule has 5 heteroatoms. The van der Waals surface area contributed by atoms with Gasteiger partial charge in [-0.1, -0.05) is 11.3 Å². The number of aromatic nitrogens is 3. The summed E-state index contributed by atoms with van der Waals surface area (Å²) < 4.78 is 0. The molecule has 0 radical (unpaired) electrons. The van der Waals surface area contributed by atoms with Crippen molar-refractivity contribution in [2.75, 3.05) is 0 Å². The fraction of sp³-hybridized carbons (Fsp3) is 0.500. The van der Waals surface area contributed by atoms with Crippen molar-refractivity contribution in [2.45, 2.75) is 26.2 Å². The summed E-state index contributed by atoms with van der Waals surface area (Å²) >= 11 is 1.55. The molecule has 1 fully saturated rings. The molecule has 78 valence electrons. The van der Waals surface area contributed by atoms with Crippen molar-refractivity contribution < 1.29 is 0 Å². The molecule has 0 spiro atoms. The van der Waals surface area contributed by atoms with Crippen LogP contribution in [-0.4, -0.2) is 15.0 Å². The van der Waals surface area contributed by atoms with Gasteiger partial charge >= 0.3 is 0 Å². The average molecular weight is 221 g/mol. The van der Waals surface area contributed by atoms with Crippen LogP contribution in [0.5, 0.6) is 0 Å². The topological polar surface area (TPSA) is 58.6 Å². The van der Waals surface area contributed by atoms with Crippen molar-refractivity contribution in [2.24, 2.45) is 5.92 Å². The van der Waals surface area contributed by atoms with Gasteiger partial charge in [0.2, 0.25) is 0 Å². The van der Waals surface area contributed by atoms with Crippen LogP contribution < -0.4 is 5.56 Å². The second-order valence-electron chi connectivity index (χ2n) is 4.06. The fourth-order valence-electron chi connectivity index (χ4n) is 1.64. The van der Waals surface area contributed by atoms with Crippen LogP contribution in [0.15, 0.2) is 4.79 Å². The number of H-pyrrole nitrogens is 1. The SMILES string of the molecule is Cc1nc2sc(CC3CC3)nc2c(=O)[nH]1. The second-order valence-corrected chi connectivity index (χ2v) is 5.12. The first kappa shape index (κ1) is 9.03. The Hall–Kier alpha value is -1.23. The van der Waals surface area contributed by atoms with Gasteiger partial charge in [0.15, 0.2) is 10.3 Å². The van der Waals surface area contributed by atoms with E-state index >= 15 is 0 Å². The summed E-state index contributed by atoms with van der Waals surface area (Å²) in [5.74, 6) is 1.46. The summed E-state index contributed by atoms with van der Waals surface area (Å²) in [5, 5.41) is 1.05. The Bertz CT molecular complexity index is 568. The minimum absolute atomic E-state index is 0.115. The quantitative estimate of drug-likeness (QED) is 0.838. The van der Waals surface area contributed by atoms with E-state index in [4.69, 9.17) is 0 Å².